The van der Waals surface area contributed by atoms with Crippen LogP contribution in [0.1, 0.15) is 17.2 Å². The van der Waals surface area contributed by atoms with Gasteiger partial charge < -0.3 is 9.64 Å². The second-order valence-corrected chi connectivity index (χ2v) is 7.90. The Labute approximate surface area is 170 Å². The smallest absolute Gasteiger partial charge is 0.319 e. The van der Waals surface area contributed by atoms with Gasteiger partial charge in [0.15, 0.2) is 0 Å². The predicted molar refractivity (Wildman–Crippen MR) is 106 cm³/mol. The monoisotopic (exact) mass is 396 g/mol. The first-order chi connectivity index (χ1) is 14.0. The van der Waals surface area contributed by atoms with Gasteiger partial charge in [0.05, 0.1) is 26.1 Å². The lowest BCUT2D eigenvalue weighted by molar-refractivity contribution is -0.142. The van der Waals surface area contributed by atoms with E-state index < -0.39 is 0 Å². The van der Waals surface area contributed by atoms with Crippen molar-refractivity contribution < 1.29 is 18.7 Å². The minimum Gasteiger partial charge on any atom is -0.468 e. The molecule has 5 nitrogen and oxygen atoms in total. The molecule has 2 aromatic rings. The summed E-state index contributed by atoms with van der Waals surface area (Å²) >= 11 is 0. The summed E-state index contributed by atoms with van der Waals surface area (Å²) in [6, 6.07) is 16.0. The summed E-state index contributed by atoms with van der Waals surface area (Å²) in [5, 5.41) is 0. The maximum Gasteiger partial charge on any atom is 0.319 e. The quantitative estimate of drug-likeness (QED) is 0.730. The van der Waals surface area contributed by atoms with Gasteiger partial charge in [0.1, 0.15) is 5.82 Å². The zero-order chi connectivity index (χ0) is 20.4. The number of carbonyl (C=O) groups is 2. The fourth-order valence-electron chi connectivity index (χ4n) is 4.76. The number of carbonyl (C=O) groups excluding carboxylic acids is 2. The van der Waals surface area contributed by atoms with E-state index in [1.807, 2.05) is 41.3 Å². The van der Waals surface area contributed by atoms with Crippen LogP contribution in [0, 0.1) is 17.7 Å². The number of methoxy groups -OCH3 is 1. The van der Waals surface area contributed by atoms with Crippen LogP contribution in [0.2, 0.25) is 0 Å². The predicted octanol–water partition coefficient (Wildman–Crippen LogP) is 2.67. The van der Waals surface area contributed by atoms with Gasteiger partial charge in [0, 0.05) is 25.6 Å². The van der Waals surface area contributed by atoms with Crippen LogP contribution < -0.4 is 0 Å². The molecule has 0 unspecified atom stereocenters. The van der Waals surface area contributed by atoms with Gasteiger partial charge in [0.2, 0.25) is 5.91 Å². The summed E-state index contributed by atoms with van der Waals surface area (Å²) in [5.74, 6) is -0.0803. The van der Waals surface area contributed by atoms with Gasteiger partial charge in [-0.15, -0.1) is 0 Å². The minimum atomic E-state index is -0.300. The first kappa shape index (κ1) is 19.6. The fraction of sp³-hybridized carbons (Fsp3) is 0.391. The highest BCUT2D eigenvalue weighted by Crippen LogP contribution is 2.45. The topological polar surface area (TPSA) is 49.9 Å². The Bertz CT molecular complexity index is 889. The molecule has 2 aliphatic rings. The first-order valence-electron chi connectivity index (χ1n) is 9.93. The molecule has 0 spiro atoms. The molecule has 0 saturated carbocycles. The lowest BCUT2D eigenvalue weighted by Crippen LogP contribution is -2.37. The summed E-state index contributed by atoms with van der Waals surface area (Å²) < 4.78 is 18.8. The molecule has 4 rings (SSSR count). The molecule has 0 aromatic heterocycles. The fourth-order valence-corrected chi connectivity index (χ4v) is 4.76. The van der Waals surface area contributed by atoms with E-state index in [4.69, 9.17) is 4.74 Å². The number of amides is 1. The Balaban J connectivity index is 1.57. The number of nitrogens with zero attached hydrogens (tertiary/aromatic N) is 2. The van der Waals surface area contributed by atoms with Gasteiger partial charge in [-0.2, -0.15) is 0 Å². The zero-order valence-electron chi connectivity index (χ0n) is 16.5. The second kappa shape index (κ2) is 8.33. The van der Waals surface area contributed by atoms with Crippen LogP contribution in [0.4, 0.5) is 4.39 Å². The Kier molecular flexibility index (Phi) is 5.62. The van der Waals surface area contributed by atoms with Gasteiger partial charge in [-0.25, -0.2) is 4.39 Å². The van der Waals surface area contributed by atoms with Crippen LogP contribution in [-0.4, -0.2) is 55.0 Å². The molecular weight excluding hydrogens is 371 g/mol. The number of fused-ring (bicyclic) bond motifs is 1. The van der Waals surface area contributed by atoms with Crippen molar-refractivity contribution in [2.24, 2.45) is 11.8 Å². The molecule has 2 aromatic carbocycles. The zero-order valence-corrected chi connectivity index (χ0v) is 16.5. The third-order valence-electron chi connectivity index (χ3n) is 6.03. The van der Waals surface area contributed by atoms with E-state index in [0.29, 0.717) is 19.5 Å². The van der Waals surface area contributed by atoms with E-state index in [2.05, 4.69) is 4.90 Å². The normalized spacial score (nSPS) is 23.8. The van der Waals surface area contributed by atoms with Crippen LogP contribution in [0.5, 0.6) is 0 Å². The summed E-state index contributed by atoms with van der Waals surface area (Å²) in [4.78, 5) is 28.8. The van der Waals surface area contributed by atoms with Crippen molar-refractivity contribution in [3.05, 3.63) is 71.5 Å². The van der Waals surface area contributed by atoms with E-state index in [0.717, 1.165) is 17.7 Å². The van der Waals surface area contributed by atoms with Gasteiger partial charge in [0.25, 0.3) is 0 Å². The molecule has 3 atom stereocenters. The Hall–Kier alpha value is -2.73. The Morgan fingerprint density at radius 2 is 1.86 bits per heavy atom. The minimum absolute atomic E-state index is 0.0550. The average molecular weight is 396 g/mol. The van der Waals surface area contributed by atoms with Crippen molar-refractivity contribution in [1.82, 2.24) is 9.80 Å². The maximum absolute atomic E-state index is 14.0. The van der Waals surface area contributed by atoms with E-state index in [-0.39, 0.29) is 42.1 Å². The maximum atomic E-state index is 14.0. The number of ether oxygens (including phenoxy) is 1. The highest BCUT2D eigenvalue weighted by atomic mass is 19.1. The average Bonchev–Trinajstić information content (AvgIpc) is 3.25. The van der Waals surface area contributed by atoms with Crippen molar-refractivity contribution in [3.8, 4) is 0 Å². The third-order valence-corrected chi connectivity index (χ3v) is 6.03. The summed E-state index contributed by atoms with van der Waals surface area (Å²) in [6.45, 7) is 2.29. The lowest BCUT2D eigenvalue weighted by atomic mass is 9.89. The van der Waals surface area contributed by atoms with E-state index >= 15 is 0 Å². The standard InChI is InChI=1S/C23H25FN2O3/c1-29-22(28)15-25-12-18-13-26(21(27)10-16-6-3-2-4-7-16)23(20(18)14-25)17-8-5-9-19(24)11-17/h2-9,11,18,20,23H,10,12-15H2,1H3/t18-,20-,23+/m0/s1. The van der Waals surface area contributed by atoms with Gasteiger partial charge in [-0.05, 0) is 29.2 Å². The molecule has 2 heterocycles. The summed E-state index contributed by atoms with van der Waals surface area (Å²) in [6.07, 6.45) is 0.331. The molecule has 6 heteroatoms. The van der Waals surface area contributed by atoms with Crippen molar-refractivity contribution in [1.29, 1.82) is 0 Å². The number of likely N-dealkylation sites (tertiary alicyclic amines) is 2. The van der Waals surface area contributed by atoms with Crippen LogP contribution >= 0.6 is 0 Å². The van der Waals surface area contributed by atoms with Crippen molar-refractivity contribution in [2.75, 3.05) is 33.3 Å². The van der Waals surface area contributed by atoms with E-state index in [1.54, 1.807) is 6.07 Å². The Morgan fingerprint density at radius 1 is 1.07 bits per heavy atom. The van der Waals surface area contributed by atoms with Crippen LogP contribution in [0.25, 0.3) is 0 Å². The van der Waals surface area contributed by atoms with Gasteiger partial charge in [-0.3, -0.25) is 14.5 Å². The summed E-state index contributed by atoms with van der Waals surface area (Å²) in [5.41, 5.74) is 1.79. The van der Waals surface area contributed by atoms with Crippen molar-refractivity contribution in [2.45, 2.75) is 12.5 Å². The number of halogens is 1. The largest absolute Gasteiger partial charge is 0.468 e. The van der Waals surface area contributed by atoms with Crippen LogP contribution in [0.15, 0.2) is 54.6 Å². The van der Waals surface area contributed by atoms with Gasteiger partial charge in [-0.1, -0.05) is 42.5 Å². The molecular formula is C23H25FN2O3. The highest BCUT2D eigenvalue weighted by Gasteiger charge is 2.49. The molecule has 0 bridgehead atoms. The third kappa shape index (κ3) is 4.17. The molecule has 0 aliphatic carbocycles. The van der Waals surface area contributed by atoms with Gasteiger partial charge >= 0.3 is 5.97 Å². The molecule has 152 valence electrons. The highest BCUT2D eigenvalue weighted by molar-refractivity contribution is 5.79. The number of rotatable bonds is 5. The SMILES string of the molecule is COC(=O)CN1C[C@H]2CN(C(=O)Cc3ccccc3)[C@H](c3cccc(F)c3)[C@H]2C1. The van der Waals surface area contributed by atoms with E-state index in [1.165, 1.54) is 19.2 Å². The number of esters is 1. The first-order valence-corrected chi connectivity index (χ1v) is 9.93. The summed E-state index contributed by atoms with van der Waals surface area (Å²) in [7, 11) is 1.39. The molecule has 29 heavy (non-hydrogen) atoms. The molecule has 0 radical (unpaired) electrons. The van der Waals surface area contributed by atoms with Crippen LogP contribution in [0.3, 0.4) is 0 Å². The molecule has 2 fully saturated rings. The van der Waals surface area contributed by atoms with Crippen LogP contribution in [-0.2, 0) is 20.7 Å². The molecule has 0 N–H and O–H groups in total. The molecule has 2 aliphatic heterocycles. The molecule has 2 saturated heterocycles. The van der Waals surface area contributed by atoms with Crippen molar-refractivity contribution >= 4 is 11.9 Å². The Morgan fingerprint density at radius 3 is 2.59 bits per heavy atom. The molecule has 1 amide bonds. The number of hydrogen-bond acceptors (Lipinski definition) is 4. The number of hydrogen-bond donors (Lipinski definition) is 0. The number of benzene rings is 2. The lowest BCUT2D eigenvalue weighted by Gasteiger charge is -2.30. The second-order valence-electron chi connectivity index (χ2n) is 7.90. The van der Waals surface area contributed by atoms with Crippen molar-refractivity contribution in [3.63, 3.8) is 0 Å². The van der Waals surface area contributed by atoms with E-state index in [9.17, 15) is 14.0 Å².